The number of halogens is 2. The molecular formula is C11H9BrFNO. The molecule has 1 aliphatic carbocycles. The molecule has 4 heteroatoms. The largest absolute Gasteiger partial charge is 0.508 e. The molecule has 0 spiro atoms. The van der Waals surface area contributed by atoms with Gasteiger partial charge >= 0.3 is 0 Å². The number of hydrogen-bond donors (Lipinski definition) is 1. The van der Waals surface area contributed by atoms with E-state index >= 15 is 0 Å². The van der Waals surface area contributed by atoms with Crippen molar-refractivity contribution < 1.29 is 9.50 Å². The van der Waals surface area contributed by atoms with Crippen LogP contribution in [0.2, 0.25) is 0 Å². The van der Waals surface area contributed by atoms with Crippen LogP contribution in [0.15, 0.2) is 16.6 Å². The van der Waals surface area contributed by atoms with Crippen molar-refractivity contribution in [3.8, 4) is 11.8 Å². The van der Waals surface area contributed by atoms with Crippen LogP contribution in [0.5, 0.6) is 5.75 Å². The van der Waals surface area contributed by atoms with Gasteiger partial charge in [-0.05, 0) is 47.3 Å². The summed E-state index contributed by atoms with van der Waals surface area (Å²) in [5, 5.41) is 18.7. The van der Waals surface area contributed by atoms with Gasteiger partial charge in [0.15, 0.2) is 0 Å². The fraction of sp³-hybridized carbons (Fsp3) is 0.364. The van der Waals surface area contributed by atoms with E-state index in [1.165, 1.54) is 12.1 Å². The number of rotatable bonds is 1. The van der Waals surface area contributed by atoms with Gasteiger partial charge in [0.05, 0.1) is 21.5 Å². The molecule has 0 bridgehead atoms. The third kappa shape index (κ3) is 1.42. The molecule has 15 heavy (non-hydrogen) atoms. The van der Waals surface area contributed by atoms with Gasteiger partial charge < -0.3 is 5.11 Å². The zero-order valence-corrected chi connectivity index (χ0v) is 9.51. The van der Waals surface area contributed by atoms with Crippen LogP contribution in [-0.4, -0.2) is 5.11 Å². The highest BCUT2D eigenvalue weighted by atomic mass is 79.9. The number of aromatic hydroxyl groups is 1. The predicted molar refractivity (Wildman–Crippen MR) is 56.9 cm³/mol. The first-order chi connectivity index (χ1) is 7.10. The van der Waals surface area contributed by atoms with Gasteiger partial charge in [0.2, 0.25) is 0 Å². The van der Waals surface area contributed by atoms with E-state index in [1.807, 2.05) is 0 Å². The highest BCUT2D eigenvalue weighted by Gasteiger charge is 2.43. The third-order valence-electron chi connectivity index (χ3n) is 2.97. The molecule has 1 N–H and O–H groups in total. The number of phenolic OH excluding ortho intramolecular Hbond substituents is 1. The van der Waals surface area contributed by atoms with Gasteiger partial charge in [0.1, 0.15) is 11.6 Å². The second-order valence-corrected chi connectivity index (χ2v) is 4.66. The van der Waals surface area contributed by atoms with Gasteiger partial charge in [-0.15, -0.1) is 0 Å². The monoisotopic (exact) mass is 269 g/mol. The summed E-state index contributed by atoms with van der Waals surface area (Å²) in [4.78, 5) is 0. The Morgan fingerprint density at radius 1 is 1.47 bits per heavy atom. The summed E-state index contributed by atoms with van der Waals surface area (Å²) >= 11 is 3.06. The first-order valence-corrected chi connectivity index (χ1v) is 5.49. The number of nitriles is 1. The Balaban J connectivity index is 2.62. The molecule has 2 nitrogen and oxygen atoms in total. The summed E-state index contributed by atoms with van der Waals surface area (Å²) in [5.74, 6) is -0.645. The minimum absolute atomic E-state index is 0.128. The minimum atomic E-state index is -0.821. The molecule has 0 saturated heterocycles. The molecule has 2 rings (SSSR count). The van der Waals surface area contributed by atoms with Crippen molar-refractivity contribution in [3.05, 3.63) is 28.0 Å². The van der Waals surface area contributed by atoms with E-state index in [4.69, 9.17) is 5.26 Å². The van der Waals surface area contributed by atoms with Crippen molar-refractivity contribution in [2.24, 2.45) is 0 Å². The lowest BCUT2D eigenvalue weighted by atomic mass is 9.65. The maximum absolute atomic E-state index is 13.8. The maximum Gasteiger partial charge on any atom is 0.145 e. The van der Waals surface area contributed by atoms with Gasteiger partial charge in [-0.3, -0.25) is 0 Å². The van der Waals surface area contributed by atoms with Crippen molar-refractivity contribution in [2.75, 3.05) is 0 Å². The molecule has 0 atom stereocenters. The van der Waals surface area contributed by atoms with E-state index in [0.29, 0.717) is 12.8 Å². The fourth-order valence-corrected chi connectivity index (χ4v) is 2.27. The zero-order valence-electron chi connectivity index (χ0n) is 7.93. The molecule has 1 saturated carbocycles. The van der Waals surface area contributed by atoms with E-state index < -0.39 is 11.2 Å². The summed E-state index contributed by atoms with van der Waals surface area (Å²) in [5.41, 5.74) is -0.677. The quantitative estimate of drug-likeness (QED) is 0.851. The van der Waals surface area contributed by atoms with Crippen molar-refractivity contribution in [1.29, 1.82) is 5.26 Å². The van der Waals surface area contributed by atoms with Crippen LogP contribution in [-0.2, 0) is 5.41 Å². The van der Waals surface area contributed by atoms with Gasteiger partial charge in [0, 0.05) is 0 Å². The molecule has 0 aromatic heterocycles. The molecule has 0 aliphatic heterocycles. The van der Waals surface area contributed by atoms with Gasteiger partial charge in [-0.2, -0.15) is 5.26 Å². The molecule has 0 unspecified atom stereocenters. The maximum atomic E-state index is 13.8. The van der Waals surface area contributed by atoms with Crippen LogP contribution in [0, 0.1) is 17.1 Å². The number of phenols is 1. The molecule has 0 heterocycles. The Bertz CT molecular complexity index is 449. The summed E-state index contributed by atoms with van der Waals surface area (Å²) in [7, 11) is 0. The molecule has 1 aliphatic rings. The number of nitrogens with zero attached hydrogens (tertiary/aromatic N) is 1. The minimum Gasteiger partial charge on any atom is -0.508 e. The highest BCUT2D eigenvalue weighted by molar-refractivity contribution is 9.10. The Labute approximate surface area is 95.5 Å². The number of benzene rings is 1. The van der Waals surface area contributed by atoms with E-state index in [1.54, 1.807) is 0 Å². The lowest BCUT2D eigenvalue weighted by molar-refractivity contribution is 0.299. The van der Waals surface area contributed by atoms with Crippen LogP contribution in [0.4, 0.5) is 4.39 Å². The van der Waals surface area contributed by atoms with Gasteiger partial charge in [-0.25, -0.2) is 4.39 Å². The molecule has 0 amide bonds. The van der Waals surface area contributed by atoms with Gasteiger partial charge in [-0.1, -0.05) is 0 Å². The van der Waals surface area contributed by atoms with E-state index in [9.17, 15) is 9.50 Å². The Morgan fingerprint density at radius 2 is 2.13 bits per heavy atom. The second kappa shape index (κ2) is 3.49. The standard InChI is InChI=1S/C11H9BrFNO/c12-7-2-3-8(15)9(10(7)13)11(6-14)4-1-5-11/h2-3,15H,1,4-5H2. The molecule has 1 aromatic carbocycles. The average Bonchev–Trinajstić information content (AvgIpc) is 2.16. The van der Waals surface area contributed by atoms with Crippen LogP contribution in [0.1, 0.15) is 24.8 Å². The van der Waals surface area contributed by atoms with Gasteiger partial charge in [0.25, 0.3) is 0 Å². The summed E-state index contributed by atoms with van der Waals surface area (Å²) in [6.45, 7) is 0. The second-order valence-electron chi connectivity index (χ2n) is 3.80. The van der Waals surface area contributed by atoms with Crippen LogP contribution in [0.3, 0.4) is 0 Å². The third-order valence-corrected chi connectivity index (χ3v) is 3.58. The van der Waals surface area contributed by atoms with E-state index in [2.05, 4.69) is 22.0 Å². The van der Waals surface area contributed by atoms with E-state index in [-0.39, 0.29) is 15.8 Å². The fourth-order valence-electron chi connectivity index (χ4n) is 1.94. The lowest BCUT2D eigenvalue weighted by Gasteiger charge is -2.36. The molecule has 0 radical (unpaired) electrons. The number of hydrogen-bond acceptors (Lipinski definition) is 2. The first-order valence-electron chi connectivity index (χ1n) is 4.69. The van der Waals surface area contributed by atoms with Crippen LogP contribution >= 0.6 is 15.9 Å². The summed E-state index contributed by atoms with van der Waals surface area (Å²) in [6.07, 6.45) is 2.13. The molecular weight excluding hydrogens is 261 g/mol. The first kappa shape index (κ1) is 10.4. The van der Waals surface area contributed by atoms with Crippen molar-refractivity contribution >= 4 is 15.9 Å². The Morgan fingerprint density at radius 3 is 2.60 bits per heavy atom. The van der Waals surface area contributed by atoms with Crippen molar-refractivity contribution in [2.45, 2.75) is 24.7 Å². The SMILES string of the molecule is N#CC1(c2c(O)ccc(Br)c2F)CCC1. The Kier molecular flexibility index (Phi) is 2.43. The normalized spacial score (nSPS) is 17.9. The molecule has 78 valence electrons. The molecule has 1 aromatic rings. The topological polar surface area (TPSA) is 44.0 Å². The lowest BCUT2D eigenvalue weighted by Crippen LogP contribution is -2.33. The summed E-state index contributed by atoms with van der Waals surface area (Å²) in [6, 6.07) is 4.98. The van der Waals surface area contributed by atoms with Crippen LogP contribution in [0.25, 0.3) is 0 Å². The van der Waals surface area contributed by atoms with Crippen molar-refractivity contribution in [3.63, 3.8) is 0 Å². The predicted octanol–water partition coefficient (Wildman–Crippen LogP) is 3.24. The zero-order chi connectivity index (χ0) is 11.1. The van der Waals surface area contributed by atoms with E-state index in [0.717, 1.165) is 6.42 Å². The van der Waals surface area contributed by atoms with Crippen LogP contribution < -0.4 is 0 Å². The highest BCUT2D eigenvalue weighted by Crippen LogP contribution is 2.48. The molecule has 1 fully saturated rings. The smallest absolute Gasteiger partial charge is 0.145 e. The summed E-state index contributed by atoms with van der Waals surface area (Å²) < 4.78 is 14.1. The van der Waals surface area contributed by atoms with Crippen molar-refractivity contribution in [1.82, 2.24) is 0 Å². The average molecular weight is 270 g/mol. The Hall–Kier alpha value is -1.08.